The molecule has 2 fully saturated rings. The molecule has 0 aromatic rings. The monoisotopic (exact) mass is 167 g/mol. The molecule has 3 nitrogen and oxygen atoms in total. The Kier molecular flexibility index (Phi) is 1.97. The van der Waals surface area contributed by atoms with Gasteiger partial charge in [-0.25, -0.2) is 0 Å². The van der Waals surface area contributed by atoms with Gasteiger partial charge in [0, 0.05) is 18.5 Å². The number of hydrogen-bond acceptors (Lipinski definition) is 3. The molecule has 0 amide bonds. The smallest absolute Gasteiger partial charge is 0.146 e. The van der Waals surface area contributed by atoms with Gasteiger partial charge in [0.15, 0.2) is 0 Å². The van der Waals surface area contributed by atoms with Crippen molar-refractivity contribution >= 4 is 12.1 Å². The van der Waals surface area contributed by atoms with Crippen LogP contribution in [0.15, 0.2) is 0 Å². The van der Waals surface area contributed by atoms with Crippen molar-refractivity contribution in [1.82, 2.24) is 5.32 Å². The normalized spacial score (nSPS) is 41.0. The lowest BCUT2D eigenvalue weighted by Crippen LogP contribution is -2.55. The third kappa shape index (κ3) is 1.18. The Morgan fingerprint density at radius 1 is 1.42 bits per heavy atom. The number of carbonyl (C=O) groups excluding carboxylic acids is 2. The molecule has 66 valence electrons. The molecule has 2 bridgehead atoms. The average molecular weight is 167 g/mol. The van der Waals surface area contributed by atoms with E-state index in [0.29, 0.717) is 12.5 Å². The van der Waals surface area contributed by atoms with E-state index < -0.39 is 0 Å². The summed E-state index contributed by atoms with van der Waals surface area (Å²) in [4.78, 5) is 22.0. The summed E-state index contributed by atoms with van der Waals surface area (Å²) in [7, 11) is 0. The Morgan fingerprint density at radius 2 is 2.25 bits per heavy atom. The standard InChI is InChI=1S/C9H13NO2/c11-5-7-8-3-1-2-6(10-8)4-9(7)12/h5-8,10H,1-4H2. The van der Waals surface area contributed by atoms with Crippen LogP contribution in [0.3, 0.4) is 0 Å². The number of carbonyl (C=O) groups is 2. The van der Waals surface area contributed by atoms with Crippen LogP contribution in [-0.4, -0.2) is 24.2 Å². The maximum atomic E-state index is 11.4. The lowest BCUT2D eigenvalue weighted by atomic mass is 9.79. The van der Waals surface area contributed by atoms with Crippen LogP contribution < -0.4 is 5.32 Å². The van der Waals surface area contributed by atoms with E-state index in [0.717, 1.165) is 25.5 Å². The second kappa shape index (κ2) is 2.98. The van der Waals surface area contributed by atoms with Gasteiger partial charge >= 0.3 is 0 Å². The number of aldehydes is 1. The van der Waals surface area contributed by atoms with Crippen LogP contribution >= 0.6 is 0 Å². The van der Waals surface area contributed by atoms with Crippen LogP contribution in [0.25, 0.3) is 0 Å². The van der Waals surface area contributed by atoms with Gasteiger partial charge in [-0.3, -0.25) is 4.79 Å². The highest BCUT2D eigenvalue weighted by molar-refractivity contribution is 5.95. The Morgan fingerprint density at radius 3 is 3.00 bits per heavy atom. The number of hydrogen-bond donors (Lipinski definition) is 1. The van der Waals surface area contributed by atoms with Crippen LogP contribution in [0.5, 0.6) is 0 Å². The number of ketones is 1. The second-order valence-electron chi connectivity index (χ2n) is 3.73. The minimum Gasteiger partial charge on any atom is -0.310 e. The summed E-state index contributed by atoms with van der Waals surface area (Å²) in [5.74, 6) is -0.222. The van der Waals surface area contributed by atoms with Crippen LogP contribution in [0.4, 0.5) is 0 Å². The molecule has 3 unspecified atom stereocenters. The van der Waals surface area contributed by atoms with Crippen molar-refractivity contribution in [3.05, 3.63) is 0 Å². The summed E-state index contributed by atoms with van der Waals surface area (Å²) in [6, 6.07) is 0.495. The van der Waals surface area contributed by atoms with Crippen LogP contribution in [-0.2, 0) is 9.59 Å². The highest BCUT2D eigenvalue weighted by Crippen LogP contribution is 2.26. The third-order valence-electron chi connectivity index (χ3n) is 2.92. The predicted molar refractivity (Wildman–Crippen MR) is 43.7 cm³/mol. The zero-order chi connectivity index (χ0) is 8.55. The van der Waals surface area contributed by atoms with Gasteiger partial charge in [-0.15, -0.1) is 0 Å². The molecule has 0 saturated carbocycles. The molecule has 3 atom stereocenters. The number of piperidine rings is 2. The molecular weight excluding hydrogens is 154 g/mol. The van der Waals surface area contributed by atoms with Crippen LogP contribution in [0, 0.1) is 5.92 Å². The van der Waals surface area contributed by atoms with Gasteiger partial charge in [-0.05, 0) is 12.8 Å². The van der Waals surface area contributed by atoms with E-state index in [4.69, 9.17) is 0 Å². The van der Waals surface area contributed by atoms with Crippen LogP contribution in [0.1, 0.15) is 25.7 Å². The van der Waals surface area contributed by atoms with Crippen molar-refractivity contribution in [2.45, 2.75) is 37.8 Å². The lowest BCUT2D eigenvalue weighted by molar-refractivity contribution is -0.131. The molecule has 2 aliphatic heterocycles. The summed E-state index contributed by atoms with van der Waals surface area (Å²) in [5, 5.41) is 3.33. The van der Waals surface area contributed by atoms with Gasteiger partial charge in [0.2, 0.25) is 0 Å². The van der Waals surface area contributed by atoms with E-state index in [1.165, 1.54) is 0 Å². The van der Waals surface area contributed by atoms with E-state index in [1.807, 2.05) is 0 Å². The van der Waals surface area contributed by atoms with Crippen molar-refractivity contribution in [3.8, 4) is 0 Å². The first-order valence-corrected chi connectivity index (χ1v) is 4.55. The minimum absolute atomic E-state index is 0.137. The maximum Gasteiger partial charge on any atom is 0.146 e. The van der Waals surface area contributed by atoms with Crippen molar-refractivity contribution < 1.29 is 9.59 Å². The molecular formula is C9H13NO2. The molecule has 2 aliphatic rings. The molecule has 2 heterocycles. The minimum atomic E-state index is -0.360. The highest BCUT2D eigenvalue weighted by atomic mass is 16.1. The molecule has 0 aliphatic carbocycles. The van der Waals surface area contributed by atoms with Gasteiger partial charge < -0.3 is 10.1 Å². The maximum absolute atomic E-state index is 11.4. The molecule has 0 spiro atoms. The number of rotatable bonds is 1. The Hall–Kier alpha value is -0.700. The highest BCUT2D eigenvalue weighted by Gasteiger charge is 2.37. The molecule has 0 radical (unpaired) electrons. The van der Waals surface area contributed by atoms with Gasteiger partial charge in [-0.2, -0.15) is 0 Å². The molecule has 2 rings (SSSR count). The summed E-state index contributed by atoms with van der Waals surface area (Å²) < 4.78 is 0. The molecule has 12 heavy (non-hydrogen) atoms. The molecule has 2 saturated heterocycles. The Bertz CT molecular complexity index is 215. The lowest BCUT2D eigenvalue weighted by Gasteiger charge is -2.38. The number of nitrogens with one attached hydrogen (secondary N) is 1. The first-order chi connectivity index (χ1) is 5.81. The Balaban J connectivity index is 2.15. The van der Waals surface area contributed by atoms with Gasteiger partial charge in [0.05, 0.1) is 5.92 Å². The quantitative estimate of drug-likeness (QED) is 0.451. The van der Waals surface area contributed by atoms with E-state index in [-0.39, 0.29) is 17.7 Å². The van der Waals surface area contributed by atoms with Gasteiger partial charge in [0.1, 0.15) is 12.1 Å². The fourth-order valence-electron chi connectivity index (χ4n) is 2.27. The largest absolute Gasteiger partial charge is 0.310 e. The van der Waals surface area contributed by atoms with Gasteiger partial charge in [-0.1, -0.05) is 6.42 Å². The van der Waals surface area contributed by atoms with E-state index >= 15 is 0 Å². The molecule has 0 aromatic heterocycles. The zero-order valence-corrected chi connectivity index (χ0v) is 6.95. The fourth-order valence-corrected chi connectivity index (χ4v) is 2.27. The first-order valence-electron chi connectivity index (χ1n) is 4.55. The third-order valence-corrected chi connectivity index (χ3v) is 2.92. The van der Waals surface area contributed by atoms with Crippen LogP contribution in [0.2, 0.25) is 0 Å². The summed E-state index contributed by atoms with van der Waals surface area (Å²) in [5.41, 5.74) is 0. The second-order valence-corrected chi connectivity index (χ2v) is 3.73. The summed E-state index contributed by atoms with van der Waals surface area (Å²) in [6.45, 7) is 0. The van der Waals surface area contributed by atoms with Crippen molar-refractivity contribution in [2.75, 3.05) is 0 Å². The van der Waals surface area contributed by atoms with Crippen molar-refractivity contribution in [3.63, 3.8) is 0 Å². The number of fused-ring (bicyclic) bond motifs is 2. The molecule has 0 aromatic carbocycles. The molecule has 1 N–H and O–H groups in total. The van der Waals surface area contributed by atoms with E-state index in [2.05, 4.69) is 5.32 Å². The van der Waals surface area contributed by atoms with E-state index in [1.54, 1.807) is 0 Å². The Labute approximate surface area is 71.5 Å². The van der Waals surface area contributed by atoms with Crippen molar-refractivity contribution in [2.24, 2.45) is 5.92 Å². The SMILES string of the molecule is O=CC1C(=O)CC2CCCC1N2. The fraction of sp³-hybridized carbons (Fsp3) is 0.778. The topological polar surface area (TPSA) is 46.2 Å². The van der Waals surface area contributed by atoms with Crippen molar-refractivity contribution in [1.29, 1.82) is 0 Å². The van der Waals surface area contributed by atoms with E-state index in [9.17, 15) is 9.59 Å². The zero-order valence-electron chi connectivity index (χ0n) is 6.95. The average Bonchev–Trinajstić information content (AvgIpc) is 2.04. The summed E-state index contributed by atoms with van der Waals surface area (Å²) >= 11 is 0. The summed E-state index contributed by atoms with van der Waals surface area (Å²) in [6.07, 6.45) is 4.58. The van der Waals surface area contributed by atoms with Gasteiger partial charge in [0.25, 0.3) is 0 Å². The predicted octanol–water partition coefficient (Wildman–Crippen LogP) is 0.285. The first kappa shape index (κ1) is 7.92. The number of Topliss-reactive ketones (excluding diaryl/α,β-unsaturated/α-hetero) is 1. The molecule has 3 heteroatoms.